The van der Waals surface area contributed by atoms with Crippen LogP contribution in [-0.2, 0) is 0 Å². The highest BCUT2D eigenvalue weighted by Crippen LogP contribution is 2.44. The molecule has 3 rings (SSSR count). The molecule has 0 spiro atoms. The van der Waals surface area contributed by atoms with Crippen molar-refractivity contribution in [3.05, 3.63) is 23.4 Å². The number of thiophene rings is 1. The van der Waals surface area contributed by atoms with E-state index in [4.69, 9.17) is 0 Å². The van der Waals surface area contributed by atoms with Gasteiger partial charge in [-0.15, -0.1) is 11.3 Å². The Labute approximate surface area is 109 Å². The Morgan fingerprint density at radius 1 is 1.56 bits per heavy atom. The fourth-order valence-electron chi connectivity index (χ4n) is 2.33. The Balaban J connectivity index is 2.25. The highest BCUT2D eigenvalue weighted by molar-refractivity contribution is 7.20. The minimum atomic E-state index is 0.00508. The number of hydrogen-bond donors (Lipinski definition) is 3. The van der Waals surface area contributed by atoms with Gasteiger partial charge in [0.1, 0.15) is 10.7 Å². The summed E-state index contributed by atoms with van der Waals surface area (Å²) in [4.78, 5) is 13.1. The Bertz CT molecular complexity index is 587. The first-order valence-corrected chi connectivity index (χ1v) is 6.66. The molecule has 0 saturated carbocycles. The van der Waals surface area contributed by atoms with Crippen molar-refractivity contribution in [1.29, 1.82) is 0 Å². The monoisotopic (exact) mass is 262 g/mol. The lowest BCUT2D eigenvalue weighted by Gasteiger charge is -2.21. The average Bonchev–Trinajstić information content (AvgIpc) is 2.99. The lowest BCUT2D eigenvalue weighted by molar-refractivity contribution is 0.0943. The molecule has 0 aromatic carbocycles. The number of carbonyl (C=O) groups is 1. The minimum Gasteiger partial charge on any atom is -0.379 e. The van der Waals surface area contributed by atoms with Crippen LogP contribution >= 0.6 is 11.3 Å². The van der Waals surface area contributed by atoms with Gasteiger partial charge in [-0.3, -0.25) is 9.89 Å². The number of nitrogens with zero attached hydrogens (tertiary/aromatic N) is 1. The third-order valence-corrected chi connectivity index (χ3v) is 4.44. The van der Waals surface area contributed by atoms with Gasteiger partial charge in [0.2, 0.25) is 0 Å². The molecule has 1 aliphatic heterocycles. The maximum Gasteiger partial charge on any atom is 0.254 e. The Morgan fingerprint density at radius 3 is 3.06 bits per heavy atom. The fourth-order valence-corrected chi connectivity index (χ4v) is 3.57. The number of amides is 1. The number of aromatic nitrogens is 2. The molecule has 6 heteroatoms. The standard InChI is InChI=1S/C12H14N4OS/c1-6-5-14-11(17)9-8(6)10(18-12(9)13-2)7-3-4-15-16-7/h3-4,6,13H,5H2,1-2H3,(H,14,17)(H,15,16). The number of hydrogen-bond acceptors (Lipinski definition) is 4. The number of aromatic amines is 1. The molecule has 1 unspecified atom stereocenters. The molecule has 0 aliphatic carbocycles. The van der Waals surface area contributed by atoms with E-state index in [2.05, 4.69) is 27.8 Å². The van der Waals surface area contributed by atoms with Crippen molar-refractivity contribution in [3.8, 4) is 10.6 Å². The predicted octanol–water partition coefficient (Wildman–Crippen LogP) is 2.03. The zero-order valence-electron chi connectivity index (χ0n) is 10.2. The van der Waals surface area contributed by atoms with Gasteiger partial charge in [0.15, 0.2) is 0 Å². The van der Waals surface area contributed by atoms with Crippen LogP contribution < -0.4 is 10.6 Å². The third kappa shape index (κ3) is 1.53. The van der Waals surface area contributed by atoms with Gasteiger partial charge in [-0.25, -0.2) is 0 Å². The molecule has 18 heavy (non-hydrogen) atoms. The lowest BCUT2D eigenvalue weighted by Crippen LogP contribution is -2.33. The normalized spacial score (nSPS) is 18.3. The molecule has 0 radical (unpaired) electrons. The Morgan fingerprint density at radius 2 is 2.39 bits per heavy atom. The Kier molecular flexibility index (Phi) is 2.59. The second-order valence-corrected chi connectivity index (χ2v) is 5.39. The van der Waals surface area contributed by atoms with Crippen molar-refractivity contribution >= 4 is 22.2 Å². The number of nitrogens with one attached hydrogen (secondary N) is 3. The summed E-state index contributed by atoms with van der Waals surface area (Å²) >= 11 is 1.59. The first-order chi connectivity index (χ1) is 8.72. The van der Waals surface area contributed by atoms with Crippen LogP contribution in [0.4, 0.5) is 5.00 Å². The van der Waals surface area contributed by atoms with Crippen LogP contribution in [-0.4, -0.2) is 29.7 Å². The van der Waals surface area contributed by atoms with Crippen LogP contribution in [0, 0.1) is 0 Å². The van der Waals surface area contributed by atoms with E-state index in [0.29, 0.717) is 12.5 Å². The second-order valence-electron chi connectivity index (χ2n) is 4.37. The highest BCUT2D eigenvalue weighted by Gasteiger charge is 2.31. The summed E-state index contributed by atoms with van der Waals surface area (Å²) in [6, 6.07) is 1.94. The number of fused-ring (bicyclic) bond motifs is 1. The van der Waals surface area contributed by atoms with Gasteiger partial charge < -0.3 is 10.6 Å². The molecule has 5 nitrogen and oxygen atoms in total. The van der Waals surface area contributed by atoms with Crippen LogP contribution in [0.1, 0.15) is 28.8 Å². The SMILES string of the molecule is CNc1sc(-c2cc[nH]n2)c2c1C(=O)NCC2C. The van der Waals surface area contributed by atoms with E-state index < -0.39 is 0 Å². The van der Waals surface area contributed by atoms with Crippen molar-refractivity contribution in [2.45, 2.75) is 12.8 Å². The summed E-state index contributed by atoms with van der Waals surface area (Å²) in [6.07, 6.45) is 1.80. The van der Waals surface area contributed by atoms with Gasteiger partial charge in [-0.1, -0.05) is 6.92 Å². The number of rotatable bonds is 2. The maximum atomic E-state index is 12.0. The first kappa shape index (κ1) is 11.3. The molecular weight excluding hydrogens is 248 g/mol. The molecule has 3 N–H and O–H groups in total. The summed E-state index contributed by atoms with van der Waals surface area (Å²) in [7, 11) is 1.84. The van der Waals surface area contributed by atoms with Gasteiger partial charge in [0.25, 0.3) is 5.91 Å². The summed E-state index contributed by atoms with van der Waals surface area (Å²) in [6.45, 7) is 2.81. The first-order valence-electron chi connectivity index (χ1n) is 5.85. The van der Waals surface area contributed by atoms with Gasteiger partial charge in [-0.05, 0) is 11.6 Å². The summed E-state index contributed by atoms with van der Waals surface area (Å²) in [5.41, 5.74) is 2.79. The highest BCUT2D eigenvalue weighted by atomic mass is 32.1. The van der Waals surface area contributed by atoms with Crippen molar-refractivity contribution in [2.24, 2.45) is 0 Å². The maximum absolute atomic E-state index is 12.0. The predicted molar refractivity (Wildman–Crippen MR) is 72.2 cm³/mol. The molecule has 94 valence electrons. The van der Waals surface area contributed by atoms with E-state index in [1.807, 2.05) is 13.1 Å². The summed E-state index contributed by atoms with van der Waals surface area (Å²) in [5, 5.41) is 14.0. The zero-order chi connectivity index (χ0) is 12.7. The van der Waals surface area contributed by atoms with Gasteiger partial charge in [0.05, 0.1) is 10.4 Å². The number of H-pyrrole nitrogens is 1. The molecule has 1 atom stereocenters. The lowest BCUT2D eigenvalue weighted by atomic mass is 9.92. The van der Waals surface area contributed by atoms with E-state index in [9.17, 15) is 4.79 Å². The molecule has 2 aromatic rings. The number of anilines is 1. The van der Waals surface area contributed by atoms with E-state index in [1.54, 1.807) is 17.5 Å². The van der Waals surface area contributed by atoms with Gasteiger partial charge >= 0.3 is 0 Å². The minimum absolute atomic E-state index is 0.00508. The smallest absolute Gasteiger partial charge is 0.254 e. The van der Waals surface area contributed by atoms with E-state index in [1.165, 1.54) is 0 Å². The van der Waals surface area contributed by atoms with E-state index >= 15 is 0 Å². The number of carbonyl (C=O) groups excluding carboxylic acids is 1. The fraction of sp³-hybridized carbons (Fsp3) is 0.333. The van der Waals surface area contributed by atoms with Crippen molar-refractivity contribution in [2.75, 3.05) is 18.9 Å². The average molecular weight is 262 g/mol. The topological polar surface area (TPSA) is 69.8 Å². The summed E-state index contributed by atoms with van der Waals surface area (Å²) < 4.78 is 0. The molecule has 0 fully saturated rings. The van der Waals surface area contributed by atoms with Crippen molar-refractivity contribution in [3.63, 3.8) is 0 Å². The Hall–Kier alpha value is -1.82. The molecule has 2 aromatic heterocycles. The van der Waals surface area contributed by atoms with Crippen LogP contribution in [0.2, 0.25) is 0 Å². The van der Waals surface area contributed by atoms with Crippen molar-refractivity contribution < 1.29 is 4.79 Å². The van der Waals surface area contributed by atoms with Gasteiger partial charge in [0, 0.05) is 25.7 Å². The van der Waals surface area contributed by atoms with Crippen LogP contribution in [0.25, 0.3) is 10.6 Å². The quantitative estimate of drug-likeness (QED) is 0.775. The van der Waals surface area contributed by atoms with Crippen LogP contribution in [0.15, 0.2) is 12.3 Å². The van der Waals surface area contributed by atoms with Crippen LogP contribution in [0.3, 0.4) is 0 Å². The van der Waals surface area contributed by atoms with E-state index in [0.717, 1.165) is 26.7 Å². The molecule has 1 aliphatic rings. The van der Waals surface area contributed by atoms with Crippen LogP contribution in [0.5, 0.6) is 0 Å². The van der Waals surface area contributed by atoms with Crippen molar-refractivity contribution in [1.82, 2.24) is 15.5 Å². The largest absolute Gasteiger partial charge is 0.379 e. The molecule has 3 heterocycles. The summed E-state index contributed by atoms with van der Waals surface area (Å²) in [5.74, 6) is 0.313. The zero-order valence-corrected chi connectivity index (χ0v) is 11.0. The second kappa shape index (κ2) is 4.13. The molecule has 0 bridgehead atoms. The third-order valence-electron chi connectivity index (χ3n) is 3.19. The molecule has 1 amide bonds. The molecular formula is C12H14N4OS. The molecule has 0 saturated heterocycles. The van der Waals surface area contributed by atoms with Gasteiger partial charge in [-0.2, -0.15) is 5.10 Å². The van der Waals surface area contributed by atoms with E-state index in [-0.39, 0.29) is 5.91 Å².